The predicted octanol–water partition coefficient (Wildman–Crippen LogP) is 3.98. The van der Waals surface area contributed by atoms with Gasteiger partial charge >= 0.3 is 11.9 Å². The molecule has 0 saturated carbocycles. The second-order valence-electron chi connectivity index (χ2n) is 16.9. The predicted molar refractivity (Wildman–Crippen MR) is 209 cm³/mol. The van der Waals surface area contributed by atoms with Gasteiger partial charge in [-0.25, -0.2) is 4.79 Å². The normalized spacial score (nSPS) is 33.0. The number of benzene rings is 3. The van der Waals surface area contributed by atoms with Gasteiger partial charge in [-0.1, -0.05) is 12.1 Å². The number of nitrogens with zero attached hydrogens (tertiary/aromatic N) is 3. The van der Waals surface area contributed by atoms with Gasteiger partial charge in [0.15, 0.2) is 34.1 Å². The number of methoxy groups -OCH3 is 2. The summed E-state index contributed by atoms with van der Waals surface area (Å²) in [4.78, 5) is 33.3. The molecule has 2 bridgehead atoms. The van der Waals surface area contributed by atoms with Crippen molar-refractivity contribution in [1.82, 2.24) is 15.1 Å². The number of phenolic OH excluding ortho intramolecular Hbond substituents is 1. The molecule has 2 spiro atoms. The van der Waals surface area contributed by atoms with Crippen LogP contribution >= 0.6 is 11.8 Å². The fourth-order valence-electron chi connectivity index (χ4n) is 12.3. The second kappa shape index (κ2) is 12.4. The molecule has 4 N–H and O–H groups in total. The summed E-state index contributed by atoms with van der Waals surface area (Å²) in [6, 6.07) is 6.92. The Balaban J connectivity index is 1.18. The number of esters is 2. The molecule has 14 nitrogen and oxygen atoms in total. The standard InChI is InChI=1S/C43H45N5O9S/c1-18-10-23-25-13-26-28(15-45)48-27-14-43(32-31(27)39-38(54-17-55-39)19(2)37(32)56-20(3)49)40(34(48)33(47(25)26)30(23)35(50)36(18)53-5)58-16-42(41(51)57-43)24-12-29(52-4)22(6-8-44)11-21(24)7-9-46-42/h10-12,25-28,33-34,40,46,50H,6-9,13-14,16-17,44H2,1-5H3/t25?,26-,27-,28-,33+,34+,40-,42+,43?/m0/s1. The number of rotatable bonds is 5. The number of carbonyl (C=O) groups excluding carboxylic acids is 2. The van der Waals surface area contributed by atoms with Crippen LogP contribution in [0.3, 0.4) is 0 Å². The molecule has 3 aromatic rings. The van der Waals surface area contributed by atoms with Crippen molar-refractivity contribution in [2.45, 2.75) is 99.1 Å². The van der Waals surface area contributed by atoms with E-state index in [0.29, 0.717) is 77.8 Å². The molecule has 7 heterocycles. The maximum Gasteiger partial charge on any atom is 0.332 e. The van der Waals surface area contributed by atoms with E-state index in [-0.39, 0.29) is 36.4 Å². The fourth-order valence-corrected chi connectivity index (χ4v) is 14.1. The van der Waals surface area contributed by atoms with Crippen molar-refractivity contribution in [3.8, 4) is 40.6 Å². The number of aromatic hydroxyl groups is 1. The second-order valence-corrected chi connectivity index (χ2v) is 18.0. The molecule has 302 valence electrons. The Hall–Kier alpha value is -4.72. The van der Waals surface area contributed by atoms with E-state index in [1.54, 1.807) is 26.0 Å². The van der Waals surface area contributed by atoms with E-state index in [1.165, 1.54) is 6.92 Å². The van der Waals surface area contributed by atoms with Crippen LogP contribution in [0.4, 0.5) is 0 Å². The maximum atomic E-state index is 15.5. The zero-order valence-corrected chi connectivity index (χ0v) is 33.8. The third-order valence-corrected chi connectivity index (χ3v) is 16.0. The first kappa shape index (κ1) is 36.4. The van der Waals surface area contributed by atoms with Crippen molar-refractivity contribution in [2.24, 2.45) is 5.73 Å². The smallest absolute Gasteiger partial charge is 0.332 e. The number of fused-ring (bicyclic) bond motifs is 10. The zero-order chi connectivity index (χ0) is 40.2. The minimum atomic E-state index is -1.35. The SMILES string of the molecule is COc1cc2c(cc1CCN)CCN[C@]21CS[C@H]2[C@H]3[C@H]4c5c(cc(C)c(OC)c5O)C5C[C@@H]([C@H](C#N)N3[C@H]3CC2(OC1=O)c1c(OC(C)=O)c(C)c2c(c13)OCO2)N54. The highest BCUT2D eigenvalue weighted by molar-refractivity contribution is 8.00. The van der Waals surface area contributed by atoms with Crippen LogP contribution < -0.4 is 34.7 Å². The lowest BCUT2D eigenvalue weighted by Crippen LogP contribution is -2.73. The molecule has 11 rings (SSSR count). The highest BCUT2D eigenvalue weighted by Crippen LogP contribution is 2.73. The first-order valence-corrected chi connectivity index (χ1v) is 21.1. The number of nitriles is 1. The summed E-state index contributed by atoms with van der Waals surface area (Å²) in [5.74, 6) is 1.78. The van der Waals surface area contributed by atoms with E-state index in [9.17, 15) is 15.2 Å². The lowest BCUT2D eigenvalue weighted by atomic mass is 9.74. The number of nitrogens with two attached hydrogens (primary N) is 1. The van der Waals surface area contributed by atoms with Crippen LogP contribution in [0, 0.1) is 25.2 Å². The van der Waals surface area contributed by atoms with Crippen LogP contribution in [0.15, 0.2) is 18.2 Å². The van der Waals surface area contributed by atoms with Crippen molar-refractivity contribution >= 4 is 23.7 Å². The van der Waals surface area contributed by atoms with Crippen molar-refractivity contribution in [1.29, 1.82) is 5.26 Å². The monoisotopic (exact) mass is 807 g/mol. The molecular formula is C43H45N5O9S. The third-order valence-electron chi connectivity index (χ3n) is 14.4. The minimum absolute atomic E-state index is 0.00276. The first-order valence-electron chi connectivity index (χ1n) is 20.0. The molecule has 3 saturated heterocycles. The zero-order valence-electron chi connectivity index (χ0n) is 33.0. The number of hydrogen-bond donors (Lipinski definition) is 3. The summed E-state index contributed by atoms with van der Waals surface area (Å²) in [5, 5.41) is 26.5. The summed E-state index contributed by atoms with van der Waals surface area (Å²) in [7, 11) is 3.19. The summed E-state index contributed by atoms with van der Waals surface area (Å²) >= 11 is 1.63. The topological polar surface area (TPSA) is 178 Å². The van der Waals surface area contributed by atoms with Gasteiger partial charge in [0.25, 0.3) is 0 Å². The van der Waals surface area contributed by atoms with E-state index in [0.717, 1.165) is 39.8 Å². The number of ether oxygens (including phenoxy) is 6. The van der Waals surface area contributed by atoms with Crippen LogP contribution in [-0.4, -0.2) is 90.1 Å². The molecule has 8 aliphatic rings. The van der Waals surface area contributed by atoms with E-state index in [4.69, 9.17) is 34.2 Å². The molecule has 1 aliphatic carbocycles. The molecule has 0 aromatic heterocycles. The number of carbonyl (C=O) groups is 2. The fraction of sp³-hybridized carbons (Fsp3) is 0.512. The molecule has 0 radical (unpaired) electrons. The van der Waals surface area contributed by atoms with Crippen molar-refractivity contribution in [3.63, 3.8) is 0 Å². The Morgan fingerprint density at radius 1 is 1.12 bits per heavy atom. The number of thioether (sulfide) groups is 1. The molecule has 3 fully saturated rings. The number of piperazine rings is 1. The van der Waals surface area contributed by atoms with Crippen molar-refractivity contribution in [3.05, 3.63) is 68.3 Å². The lowest BCUT2D eigenvalue weighted by Gasteiger charge is -2.64. The number of nitrogens with one attached hydrogen (secondary N) is 1. The largest absolute Gasteiger partial charge is 0.504 e. The van der Waals surface area contributed by atoms with E-state index < -0.39 is 46.5 Å². The van der Waals surface area contributed by atoms with Gasteiger partial charge in [0.1, 0.15) is 17.5 Å². The van der Waals surface area contributed by atoms with Gasteiger partial charge in [-0.05, 0) is 73.5 Å². The summed E-state index contributed by atoms with van der Waals surface area (Å²) in [6.07, 6.45) is 2.38. The first-order chi connectivity index (χ1) is 28.0. The van der Waals surface area contributed by atoms with Crippen LogP contribution in [0.2, 0.25) is 0 Å². The van der Waals surface area contributed by atoms with Crippen molar-refractivity contribution < 1.29 is 43.1 Å². The molecule has 7 aliphatic heterocycles. The minimum Gasteiger partial charge on any atom is -0.504 e. The quantitative estimate of drug-likeness (QED) is 0.249. The van der Waals surface area contributed by atoms with Crippen molar-refractivity contribution in [2.75, 3.05) is 39.9 Å². The highest BCUT2D eigenvalue weighted by Gasteiger charge is 2.74. The summed E-state index contributed by atoms with van der Waals surface area (Å²) < 4.78 is 37.5. The Bertz CT molecular complexity index is 2420. The Labute approximate surface area is 339 Å². The lowest BCUT2D eigenvalue weighted by molar-refractivity contribution is -0.195. The number of hydrogen-bond acceptors (Lipinski definition) is 15. The molecule has 9 atom stereocenters. The average Bonchev–Trinajstić information content (AvgIpc) is 3.84. The Kier molecular flexibility index (Phi) is 7.78. The number of piperidine rings is 1. The van der Waals surface area contributed by atoms with Gasteiger partial charge < -0.3 is 39.3 Å². The van der Waals surface area contributed by atoms with E-state index >= 15 is 4.79 Å². The molecule has 58 heavy (non-hydrogen) atoms. The van der Waals surface area contributed by atoms with Crippen LogP contribution in [0.5, 0.6) is 34.5 Å². The molecular weight excluding hydrogens is 763 g/mol. The Morgan fingerprint density at radius 2 is 1.93 bits per heavy atom. The van der Waals surface area contributed by atoms with Crippen LogP contribution in [0.25, 0.3) is 0 Å². The van der Waals surface area contributed by atoms with Crippen LogP contribution in [0.1, 0.15) is 88.0 Å². The molecule has 0 amide bonds. The maximum absolute atomic E-state index is 15.5. The van der Waals surface area contributed by atoms with Gasteiger partial charge in [0, 0.05) is 72.1 Å². The van der Waals surface area contributed by atoms with Gasteiger partial charge in [-0.2, -0.15) is 5.26 Å². The van der Waals surface area contributed by atoms with Crippen LogP contribution in [-0.2, 0) is 38.3 Å². The van der Waals surface area contributed by atoms with Gasteiger partial charge in [-0.15, -0.1) is 11.8 Å². The summed E-state index contributed by atoms with van der Waals surface area (Å²) in [5.41, 5.74) is 10.7. The molecule has 2 unspecified atom stereocenters. The number of aryl methyl sites for hydroxylation is 1. The third kappa shape index (κ3) is 4.32. The average molecular weight is 808 g/mol. The molecule has 3 aromatic carbocycles. The Morgan fingerprint density at radius 3 is 2.67 bits per heavy atom. The van der Waals surface area contributed by atoms with Gasteiger partial charge in [0.05, 0.1) is 31.6 Å². The summed E-state index contributed by atoms with van der Waals surface area (Å²) in [6.45, 7) is 6.09. The number of phenols is 1. The van der Waals surface area contributed by atoms with E-state index in [2.05, 4.69) is 33.3 Å². The highest BCUT2D eigenvalue weighted by atomic mass is 32.2. The van der Waals surface area contributed by atoms with Gasteiger partial charge in [-0.3, -0.25) is 19.9 Å². The van der Waals surface area contributed by atoms with Gasteiger partial charge in [0.2, 0.25) is 6.79 Å². The van der Waals surface area contributed by atoms with E-state index in [1.807, 2.05) is 19.9 Å². The molecule has 15 heteroatoms.